The topological polar surface area (TPSA) is 140 Å². The van der Waals surface area contributed by atoms with E-state index in [2.05, 4.69) is 15.5 Å². The van der Waals surface area contributed by atoms with Crippen molar-refractivity contribution in [3.05, 3.63) is 30.0 Å². The molecule has 2 aliphatic carbocycles. The molecular weight excluding hydrogens is 683 g/mol. The summed E-state index contributed by atoms with van der Waals surface area (Å²) in [5, 5.41) is 6.47. The number of rotatable bonds is 11. The van der Waals surface area contributed by atoms with Gasteiger partial charge in [-0.25, -0.2) is 14.0 Å². The fourth-order valence-electron chi connectivity index (χ4n) is 8.80. The zero-order valence-corrected chi connectivity index (χ0v) is 31.5. The van der Waals surface area contributed by atoms with E-state index in [9.17, 15) is 23.6 Å². The standard InChI is InChI=1S/C40H57FN4O8/c1-40(2,3)53-39(49)43-32(25-41)27-9-11-28(12-10-27)37(47)45-16-15-31(26-7-5-4-6-8-26)35(45)36(46)42-30-13-14-33-29(23-30)24-34(52-33)38(48)51-22-19-44-17-20-50-21-18-44/h13-14,23-24,26-28,31-32,35H,4-12,15-22,25H2,1-3H3,(H,42,46)(H,43,49)/t27?,28?,31-,32?,35-/m0/s1. The van der Waals surface area contributed by atoms with Crippen molar-refractivity contribution in [3.63, 3.8) is 0 Å². The Morgan fingerprint density at radius 1 is 0.943 bits per heavy atom. The van der Waals surface area contributed by atoms with Crippen molar-refractivity contribution >= 4 is 40.5 Å². The summed E-state index contributed by atoms with van der Waals surface area (Å²) in [5.41, 5.74) is 0.387. The normalized spacial score (nSPS) is 25.2. The highest BCUT2D eigenvalue weighted by Gasteiger charge is 2.47. The first-order valence-corrected chi connectivity index (χ1v) is 19.7. The van der Waals surface area contributed by atoms with Crippen molar-refractivity contribution in [2.45, 2.75) is 103 Å². The van der Waals surface area contributed by atoms with Gasteiger partial charge in [-0.05, 0) is 94.9 Å². The van der Waals surface area contributed by atoms with Gasteiger partial charge in [0.2, 0.25) is 17.6 Å². The molecule has 2 saturated carbocycles. The molecule has 0 spiro atoms. The number of alkyl halides is 1. The molecule has 2 aromatic rings. The lowest BCUT2D eigenvalue weighted by atomic mass is 9.76. The van der Waals surface area contributed by atoms with Gasteiger partial charge in [0, 0.05) is 43.2 Å². The summed E-state index contributed by atoms with van der Waals surface area (Å²) >= 11 is 0. The second-order valence-corrected chi connectivity index (χ2v) is 16.3. The van der Waals surface area contributed by atoms with Crippen LogP contribution in [0.5, 0.6) is 0 Å². The second kappa shape index (κ2) is 17.6. The molecule has 2 saturated heterocycles. The molecule has 6 rings (SSSR count). The van der Waals surface area contributed by atoms with Crippen molar-refractivity contribution in [1.29, 1.82) is 0 Å². The van der Waals surface area contributed by atoms with Gasteiger partial charge in [-0.2, -0.15) is 0 Å². The minimum atomic E-state index is -0.703. The number of esters is 1. The summed E-state index contributed by atoms with van der Waals surface area (Å²) < 4.78 is 36.1. The summed E-state index contributed by atoms with van der Waals surface area (Å²) in [6.07, 6.45) is 8.08. The predicted molar refractivity (Wildman–Crippen MR) is 197 cm³/mol. The molecule has 12 nitrogen and oxygen atoms in total. The number of carbonyl (C=O) groups is 4. The highest BCUT2D eigenvalue weighted by atomic mass is 19.1. The van der Waals surface area contributed by atoms with Gasteiger partial charge in [-0.1, -0.05) is 32.1 Å². The van der Waals surface area contributed by atoms with Gasteiger partial charge in [-0.3, -0.25) is 14.5 Å². The smallest absolute Gasteiger partial charge is 0.407 e. The van der Waals surface area contributed by atoms with E-state index < -0.39 is 36.4 Å². The second-order valence-electron chi connectivity index (χ2n) is 16.3. The number of nitrogens with one attached hydrogen (secondary N) is 2. The summed E-state index contributed by atoms with van der Waals surface area (Å²) in [6, 6.07) is 5.63. The summed E-state index contributed by atoms with van der Waals surface area (Å²) in [7, 11) is 0. The molecule has 1 aromatic carbocycles. The van der Waals surface area contributed by atoms with Crippen molar-refractivity contribution in [3.8, 4) is 0 Å². The molecule has 4 aliphatic rings. The molecule has 13 heteroatoms. The lowest BCUT2D eigenvalue weighted by Gasteiger charge is -2.37. The van der Waals surface area contributed by atoms with Gasteiger partial charge in [0.25, 0.3) is 0 Å². The van der Waals surface area contributed by atoms with E-state index in [4.69, 9.17) is 18.6 Å². The minimum absolute atomic E-state index is 0.0131. The number of furan rings is 1. The summed E-state index contributed by atoms with van der Waals surface area (Å²) in [6.45, 7) is 8.97. The zero-order chi connectivity index (χ0) is 37.5. The number of hydrogen-bond donors (Lipinski definition) is 2. The van der Waals surface area contributed by atoms with Crippen LogP contribution < -0.4 is 10.6 Å². The molecule has 3 atom stereocenters. The SMILES string of the molecule is CC(C)(C)OC(=O)NC(CF)C1CCC(C(=O)N2CC[C@@H](C3CCCCC3)[C@H]2C(=O)Nc2ccc3oc(C(=O)OCCN4CCOCC4)cc3c2)CC1. The Morgan fingerprint density at radius 3 is 2.38 bits per heavy atom. The number of fused-ring (bicyclic) bond motifs is 1. The third-order valence-corrected chi connectivity index (χ3v) is 11.5. The quantitative estimate of drug-likeness (QED) is 0.253. The Bertz CT molecular complexity index is 1570. The van der Waals surface area contributed by atoms with E-state index in [1.54, 1.807) is 45.0 Å². The highest BCUT2D eigenvalue weighted by Crippen LogP contribution is 2.41. The first-order chi connectivity index (χ1) is 25.5. The van der Waals surface area contributed by atoms with Crippen LogP contribution in [0.25, 0.3) is 11.0 Å². The van der Waals surface area contributed by atoms with Crippen molar-refractivity contribution in [1.82, 2.24) is 15.1 Å². The van der Waals surface area contributed by atoms with Gasteiger partial charge in [0.05, 0.1) is 19.3 Å². The number of nitrogens with zero attached hydrogens (tertiary/aromatic N) is 2. The van der Waals surface area contributed by atoms with Gasteiger partial charge < -0.3 is 34.2 Å². The zero-order valence-electron chi connectivity index (χ0n) is 31.5. The Kier molecular flexibility index (Phi) is 13.0. The van der Waals surface area contributed by atoms with Crippen LogP contribution in [0.1, 0.15) is 95.5 Å². The fraction of sp³-hybridized carbons (Fsp3) is 0.700. The van der Waals surface area contributed by atoms with Gasteiger partial charge in [-0.15, -0.1) is 0 Å². The van der Waals surface area contributed by atoms with Gasteiger partial charge in [0.1, 0.15) is 30.5 Å². The molecule has 4 fully saturated rings. The Balaban J connectivity index is 1.09. The maximum Gasteiger partial charge on any atom is 0.407 e. The molecule has 3 amide bonds. The number of anilines is 1. The molecule has 53 heavy (non-hydrogen) atoms. The number of ether oxygens (including phenoxy) is 3. The average Bonchev–Trinajstić information content (AvgIpc) is 3.79. The number of amides is 3. The number of hydrogen-bond acceptors (Lipinski definition) is 9. The van der Waals surface area contributed by atoms with E-state index in [0.717, 1.165) is 45.2 Å². The van der Waals surface area contributed by atoms with E-state index in [0.29, 0.717) is 74.6 Å². The molecule has 1 aromatic heterocycles. The van der Waals surface area contributed by atoms with E-state index in [1.165, 1.54) is 6.42 Å². The fourth-order valence-corrected chi connectivity index (χ4v) is 8.80. The van der Waals surface area contributed by atoms with Crippen LogP contribution in [0.4, 0.5) is 14.9 Å². The molecule has 0 radical (unpaired) electrons. The first-order valence-electron chi connectivity index (χ1n) is 19.7. The average molecular weight is 741 g/mol. The molecule has 0 bridgehead atoms. The Hall–Kier alpha value is -3.71. The minimum Gasteiger partial charge on any atom is -0.458 e. The van der Waals surface area contributed by atoms with Gasteiger partial charge >= 0.3 is 12.1 Å². The van der Waals surface area contributed by atoms with Crippen molar-refractivity contribution < 1.29 is 42.2 Å². The van der Waals surface area contributed by atoms with Crippen molar-refractivity contribution in [2.24, 2.45) is 23.7 Å². The van der Waals surface area contributed by atoms with Crippen LogP contribution in [0.15, 0.2) is 28.7 Å². The van der Waals surface area contributed by atoms with Crippen molar-refractivity contribution in [2.75, 3.05) is 58.0 Å². The highest BCUT2D eigenvalue weighted by molar-refractivity contribution is 6.00. The molecule has 1 unspecified atom stereocenters. The molecular formula is C40H57FN4O8. The predicted octanol–water partition coefficient (Wildman–Crippen LogP) is 6.33. The Labute approximate surface area is 311 Å². The van der Waals surface area contributed by atoms with E-state index >= 15 is 0 Å². The van der Waals surface area contributed by atoms with E-state index in [1.807, 2.05) is 4.90 Å². The maximum absolute atomic E-state index is 14.2. The molecule has 2 N–H and O–H groups in total. The van der Waals surface area contributed by atoms with Crippen LogP contribution in [0.3, 0.4) is 0 Å². The number of likely N-dealkylation sites (tertiary alicyclic amines) is 1. The number of halogens is 1. The van der Waals surface area contributed by atoms with Crippen LogP contribution >= 0.6 is 0 Å². The Morgan fingerprint density at radius 2 is 1.68 bits per heavy atom. The number of benzene rings is 1. The summed E-state index contributed by atoms with van der Waals surface area (Å²) in [4.78, 5) is 57.6. The third kappa shape index (κ3) is 10.1. The largest absolute Gasteiger partial charge is 0.458 e. The van der Waals surface area contributed by atoms with Crippen LogP contribution in [-0.2, 0) is 23.8 Å². The lowest BCUT2D eigenvalue weighted by molar-refractivity contribution is -0.142. The lowest BCUT2D eigenvalue weighted by Crippen LogP contribution is -2.50. The molecule has 2 aliphatic heterocycles. The first kappa shape index (κ1) is 39.0. The summed E-state index contributed by atoms with van der Waals surface area (Å²) in [5.74, 6) is -0.563. The van der Waals surface area contributed by atoms with E-state index in [-0.39, 0.29) is 41.9 Å². The van der Waals surface area contributed by atoms with Crippen LogP contribution in [0.2, 0.25) is 0 Å². The van der Waals surface area contributed by atoms with Gasteiger partial charge in [0.15, 0.2) is 0 Å². The maximum atomic E-state index is 14.2. The monoisotopic (exact) mass is 740 g/mol. The molecule has 3 heterocycles. The number of carbonyl (C=O) groups excluding carboxylic acids is 4. The number of morpholine rings is 1. The number of alkyl carbamates (subject to hydrolysis) is 1. The van der Waals surface area contributed by atoms with Crippen LogP contribution in [-0.4, -0.2) is 104 Å². The molecule has 292 valence electrons. The van der Waals surface area contributed by atoms with Crippen LogP contribution in [0, 0.1) is 23.7 Å². The third-order valence-electron chi connectivity index (χ3n) is 11.5.